The SMILES string of the molecule is Cc1cc(C2=C(C(=O)O)N3C(=O)[C@H]([C@@H](C)O)[C@H]3C2)nn1-c1ccccc1. The van der Waals surface area contributed by atoms with Crippen LogP contribution in [0.5, 0.6) is 0 Å². The Bertz CT molecular complexity index is 930. The van der Waals surface area contributed by atoms with Gasteiger partial charge in [-0.25, -0.2) is 9.48 Å². The zero-order chi connectivity index (χ0) is 18.6. The van der Waals surface area contributed by atoms with Gasteiger partial charge in [0.1, 0.15) is 5.70 Å². The lowest BCUT2D eigenvalue weighted by Crippen LogP contribution is -2.61. The zero-order valence-electron chi connectivity index (χ0n) is 14.5. The summed E-state index contributed by atoms with van der Waals surface area (Å²) in [6, 6.07) is 11.1. The molecule has 7 heteroatoms. The van der Waals surface area contributed by atoms with Crippen LogP contribution in [-0.2, 0) is 9.59 Å². The van der Waals surface area contributed by atoms with Crippen molar-refractivity contribution in [1.29, 1.82) is 0 Å². The number of carbonyl (C=O) groups excluding carboxylic acids is 1. The van der Waals surface area contributed by atoms with E-state index in [1.807, 2.05) is 43.3 Å². The molecule has 0 spiro atoms. The third kappa shape index (κ3) is 2.28. The second-order valence-electron chi connectivity index (χ2n) is 6.80. The average Bonchev–Trinajstić information content (AvgIpc) is 3.13. The first kappa shape index (κ1) is 16.5. The molecule has 2 aliphatic rings. The Balaban J connectivity index is 1.76. The first-order chi connectivity index (χ1) is 12.4. The van der Waals surface area contributed by atoms with Crippen LogP contribution >= 0.6 is 0 Å². The Morgan fingerprint density at radius 3 is 2.62 bits per heavy atom. The van der Waals surface area contributed by atoms with Gasteiger partial charge in [0.05, 0.1) is 29.4 Å². The van der Waals surface area contributed by atoms with Crippen LogP contribution in [0.4, 0.5) is 0 Å². The summed E-state index contributed by atoms with van der Waals surface area (Å²) in [4.78, 5) is 25.4. The number of aromatic nitrogens is 2. The first-order valence-corrected chi connectivity index (χ1v) is 8.50. The highest BCUT2D eigenvalue weighted by molar-refractivity contribution is 6.05. The number of para-hydroxylation sites is 1. The van der Waals surface area contributed by atoms with Crippen molar-refractivity contribution in [2.24, 2.45) is 5.92 Å². The normalized spacial score (nSPS) is 23.0. The number of β-lactam (4-membered cyclic amide) rings is 1. The number of carbonyl (C=O) groups is 2. The van der Waals surface area contributed by atoms with E-state index in [0.29, 0.717) is 17.7 Å². The van der Waals surface area contributed by atoms with E-state index in [1.54, 1.807) is 11.6 Å². The monoisotopic (exact) mass is 353 g/mol. The van der Waals surface area contributed by atoms with E-state index < -0.39 is 18.0 Å². The van der Waals surface area contributed by atoms with Crippen molar-refractivity contribution in [3.8, 4) is 5.69 Å². The van der Waals surface area contributed by atoms with E-state index in [0.717, 1.165) is 11.4 Å². The van der Waals surface area contributed by atoms with Crippen molar-refractivity contribution in [2.45, 2.75) is 32.4 Å². The number of amides is 1. The number of fused-ring (bicyclic) bond motifs is 1. The van der Waals surface area contributed by atoms with E-state index in [9.17, 15) is 19.8 Å². The van der Waals surface area contributed by atoms with Gasteiger partial charge in [0.15, 0.2) is 0 Å². The highest BCUT2D eigenvalue weighted by Gasteiger charge is 2.57. The molecule has 2 aromatic rings. The number of aliphatic hydroxyl groups excluding tert-OH is 1. The molecule has 0 aliphatic carbocycles. The molecule has 2 aliphatic heterocycles. The van der Waals surface area contributed by atoms with Crippen molar-refractivity contribution < 1.29 is 19.8 Å². The standard InChI is InChI=1S/C19H19N3O4/c1-10-8-14(20-22(10)12-6-4-3-5-7-12)13-9-15-16(11(2)23)18(24)21(15)17(13)19(25)26/h3-8,11,15-16,23H,9H2,1-2H3,(H,25,26)/t11-,15-,16-/m1/s1. The largest absolute Gasteiger partial charge is 0.477 e. The Morgan fingerprint density at radius 2 is 2.00 bits per heavy atom. The molecule has 0 saturated carbocycles. The van der Waals surface area contributed by atoms with Crippen molar-refractivity contribution >= 4 is 17.4 Å². The fourth-order valence-electron chi connectivity index (χ4n) is 3.95. The second-order valence-corrected chi connectivity index (χ2v) is 6.80. The molecule has 1 saturated heterocycles. The molecule has 26 heavy (non-hydrogen) atoms. The Kier molecular flexibility index (Phi) is 3.69. The minimum Gasteiger partial charge on any atom is -0.477 e. The number of carboxylic acid groups (broad SMARTS) is 1. The van der Waals surface area contributed by atoms with Gasteiger partial charge in [0, 0.05) is 11.3 Å². The number of hydrogen-bond acceptors (Lipinski definition) is 4. The van der Waals surface area contributed by atoms with Crippen LogP contribution in [0.3, 0.4) is 0 Å². The smallest absolute Gasteiger partial charge is 0.352 e. The van der Waals surface area contributed by atoms with Gasteiger partial charge in [-0.05, 0) is 38.5 Å². The summed E-state index contributed by atoms with van der Waals surface area (Å²) in [5.74, 6) is -2.04. The molecule has 1 aromatic carbocycles. The van der Waals surface area contributed by atoms with Crippen LogP contribution in [-0.4, -0.2) is 48.9 Å². The Morgan fingerprint density at radius 1 is 1.31 bits per heavy atom. The highest BCUT2D eigenvalue weighted by Crippen LogP contribution is 2.46. The van der Waals surface area contributed by atoms with Gasteiger partial charge in [0.2, 0.25) is 5.91 Å². The molecule has 2 N–H and O–H groups in total. The molecule has 134 valence electrons. The lowest BCUT2D eigenvalue weighted by Gasteiger charge is -2.44. The number of hydrogen-bond donors (Lipinski definition) is 2. The lowest BCUT2D eigenvalue weighted by molar-refractivity contribution is -0.161. The van der Waals surface area contributed by atoms with Gasteiger partial charge in [-0.2, -0.15) is 5.10 Å². The Hall–Kier alpha value is -2.93. The number of aliphatic carboxylic acids is 1. The third-order valence-electron chi connectivity index (χ3n) is 5.13. The zero-order valence-corrected chi connectivity index (χ0v) is 14.5. The molecule has 0 unspecified atom stereocenters. The maximum atomic E-state index is 12.3. The average molecular weight is 353 g/mol. The number of nitrogens with zero attached hydrogens (tertiary/aromatic N) is 3. The number of aliphatic hydroxyl groups is 1. The molecule has 7 nitrogen and oxygen atoms in total. The van der Waals surface area contributed by atoms with Gasteiger partial charge in [-0.15, -0.1) is 0 Å². The highest BCUT2D eigenvalue weighted by atomic mass is 16.4. The molecule has 1 fully saturated rings. The maximum Gasteiger partial charge on any atom is 0.352 e. The van der Waals surface area contributed by atoms with Gasteiger partial charge >= 0.3 is 5.97 Å². The van der Waals surface area contributed by atoms with Crippen molar-refractivity contribution in [2.75, 3.05) is 0 Å². The topological polar surface area (TPSA) is 95.7 Å². The first-order valence-electron chi connectivity index (χ1n) is 8.50. The minimum absolute atomic E-state index is 0.0189. The summed E-state index contributed by atoms with van der Waals surface area (Å²) in [5.41, 5.74) is 2.82. The quantitative estimate of drug-likeness (QED) is 0.814. The number of rotatable bonds is 4. The minimum atomic E-state index is -1.15. The van der Waals surface area contributed by atoms with Crippen LogP contribution in [0.2, 0.25) is 0 Å². The summed E-state index contributed by atoms with van der Waals surface area (Å²) in [6.07, 6.45) is -0.421. The molecule has 0 bridgehead atoms. The second kappa shape index (κ2) is 5.81. The van der Waals surface area contributed by atoms with Crippen molar-refractivity contribution in [1.82, 2.24) is 14.7 Å². The molecule has 0 radical (unpaired) electrons. The fraction of sp³-hybridized carbons (Fsp3) is 0.316. The van der Waals surface area contributed by atoms with E-state index >= 15 is 0 Å². The summed E-state index contributed by atoms with van der Waals surface area (Å²) in [7, 11) is 0. The Labute approximate surface area is 150 Å². The molecule has 1 amide bonds. The number of aryl methyl sites for hydroxylation is 1. The maximum absolute atomic E-state index is 12.3. The van der Waals surface area contributed by atoms with Crippen LogP contribution < -0.4 is 0 Å². The summed E-state index contributed by atoms with van der Waals surface area (Å²) < 4.78 is 1.76. The third-order valence-corrected chi connectivity index (χ3v) is 5.13. The predicted octanol–water partition coefficient (Wildman–Crippen LogP) is 1.59. The molecular weight excluding hydrogens is 334 g/mol. The van der Waals surface area contributed by atoms with Crippen molar-refractivity contribution in [3.05, 3.63) is 53.5 Å². The molecule has 3 heterocycles. The van der Waals surface area contributed by atoms with Crippen LogP contribution in [0, 0.1) is 12.8 Å². The van der Waals surface area contributed by atoms with Crippen LogP contribution in [0.25, 0.3) is 11.3 Å². The fourth-order valence-corrected chi connectivity index (χ4v) is 3.95. The van der Waals surface area contributed by atoms with Crippen LogP contribution in [0.15, 0.2) is 42.1 Å². The summed E-state index contributed by atoms with van der Waals surface area (Å²) in [5, 5.41) is 24.1. The van der Waals surface area contributed by atoms with Crippen molar-refractivity contribution in [3.63, 3.8) is 0 Å². The van der Waals surface area contributed by atoms with E-state index in [2.05, 4.69) is 5.10 Å². The summed E-state index contributed by atoms with van der Waals surface area (Å²) >= 11 is 0. The van der Waals surface area contributed by atoms with E-state index in [4.69, 9.17) is 0 Å². The lowest BCUT2D eigenvalue weighted by atomic mass is 9.83. The van der Waals surface area contributed by atoms with Crippen LogP contribution in [0.1, 0.15) is 24.7 Å². The van der Waals surface area contributed by atoms with E-state index in [-0.39, 0.29) is 17.6 Å². The number of benzene rings is 1. The van der Waals surface area contributed by atoms with Gasteiger partial charge in [0.25, 0.3) is 0 Å². The molecule has 3 atom stereocenters. The molecule has 1 aromatic heterocycles. The van der Waals surface area contributed by atoms with Gasteiger partial charge < -0.3 is 15.1 Å². The van der Waals surface area contributed by atoms with E-state index in [1.165, 1.54) is 4.90 Å². The summed E-state index contributed by atoms with van der Waals surface area (Å²) in [6.45, 7) is 3.46. The van der Waals surface area contributed by atoms with Gasteiger partial charge in [-0.3, -0.25) is 4.79 Å². The molecule has 4 rings (SSSR count). The number of carboxylic acids is 1. The predicted molar refractivity (Wildman–Crippen MR) is 93.3 cm³/mol. The molecular formula is C19H19N3O4. The van der Waals surface area contributed by atoms with Gasteiger partial charge in [-0.1, -0.05) is 18.2 Å².